The van der Waals surface area contributed by atoms with Gasteiger partial charge in [-0.1, -0.05) is 36.7 Å². The summed E-state index contributed by atoms with van der Waals surface area (Å²) in [6.07, 6.45) is 1.35. The first-order valence-corrected chi connectivity index (χ1v) is 9.64. The number of fused-ring (bicyclic) bond motifs is 3. The molecule has 2 aromatic carbocycles. The molecule has 2 N–H and O–H groups in total. The first kappa shape index (κ1) is 19.2. The molecule has 0 saturated carbocycles. The molecule has 148 valence electrons. The highest BCUT2D eigenvalue weighted by atomic mass is 35.5. The van der Waals surface area contributed by atoms with Crippen molar-refractivity contribution in [2.75, 3.05) is 0 Å². The molecule has 8 nitrogen and oxygen atoms in total. The smallest absolute Gasteiger partial charge is 0.270 e. The SMILES string of the molecule is CCC(N)Cc1nnc2n1-c1ccc([N+](=O)[O-])cc1C(c1ccccc1Cl)=NC2. The van der Waals surface area contributed by atoms with Crippen molar-refractivity contribution < 1.29 is 4.92 Å². The van der Waals surface area contributed by atoms with Crippen molar-refractivity contribution in [2.24, 2.45) is 10.7 Å². The lowest BCUT2D eigenvalue weighted by molar-refractivity contribution is -0.384. The van der Waals surface area contributed by atoms with Crippen LogP contribution in [-0.4, -0.2) is 31.4 Å². The predicted octanol–water partition coefficient (Wildman–Crippen LogP) is 3.46. The van der Waals surface area contributed by atoms with Gasteiger partial charge in [0.2, 0.25) is 0 Å². The molecule has 0 saturated heterocycles. The van der Waals surface area contributed by atoms with Gasteiger partial charge in [0, 0.05) is 40.7 Å². The van der Waals surface area contributed by atoms with Crippen molar-refractivity contribution >= 4 is 23.0 Å². The Hall–Kier alpha value is -3.10. The van der Waals surface area contributed by atoms with Crippen LogP contribution in [0.2, 0.25) is 5.02 Å². The number of non-ortho nitro benzene ring substituents is 1. The second-order valence-corrected chi connectivity index (χ2v) is 7.25. The largest absolute Gasteiger partial charge is 0.327 e. The number of hydrogen-bond donors (Lipinski definition) is 1. The number of nitrogens with zero attached hydrogens (tertiary/aromatic N) is 5. The fourth-order valence-electron chi connectivity index (χ4n) is 3.39. The number of aliphatic imine (C=N–C) groups is 1. The Morgan fingerprint density at radius 2 is 2.03 bits per heavy atom. The lowest BCUT2D eigenvalue weighted by Crippen LogP contribution is -2.24. The summed E-state index contributed by atoms with van der Waals surface area (Å²) in [6, 6.07) is 12.0. The summed E-state index contributed by atoms with van der Waals surface area (Å²) in [4.78, 5) is 15.7. The van der Waals surface area contributed by atoms with E-state index in [-0.39, 0.29) is 18.3 Å². The normalized spacial score (nSPS) is 13.8. The topological polar surface area (TPSA) is 112 Å². The predicted molar refractivity (Wildman–Crippen MR) is 111 cm³/mol. The Labute approximate surface area is 172 Å². The van der Waals surface area contributed by atoms with Crippen molar-refractivity contribution in [1.29, 1.82) is 0 Å². The summed E-state index contributed by atoms with van der Waals surface area (Å²) in [7, 11) is 0. The van der Waals surface area contributed by atoms with E-state index in [4.69, 9.17) is 22.3 Å². The first-order chi connectivity index (χ1) is 14.0. The zero-order valence-corrected chi connectivity index (χ0v) is 16.5. The average molecular weight is 411 g/mol. The highest BCUT2D eigenvalue weighted by Crippen LogP contribution is 2.31. The second kappa shape index (κ2) is 7.73. The van der Waals surface area contributed by atoms with Crippen LogP contribution in [0.4, 0.5) is 5.69 Å². The lowest BCUT2D eigenvalue weighted by atomic mass is 9.99. The number of hydrogen-bond acceptors (Lipinski definition) is 6. The molecule has 3 aromatic rings. The van der Waals surface area contributed by atoms with Crippen LogP contribution in [0.1, 0.15) is 36.1 Å². The molecule has 1 unspecified atom stereocenters. The molecule has 9 heteroatoms. The second-order valence-electron chi connectivity index (χ2n) is 6.84. The molecule has 0 aliphatic carbocycles. The van der Waals surface area contributed by atoms with Gasteiger partial charge < -0.3 is 5.73 Å². The molecule has 1 aromatic heterocycles. The van der Waals surface area contributed by atoms with Crippen molar-refractivity contribution in [2.45, 2.75) is 32.4 Å². The molecule has 1 aliphatic heterocycles. The molecule has 2 heterocycles. The molecule has 1 aliphatic rings. The van der Waals surface area contributed by atoms with Crippen LogP contribution in [0, 0.1) is 10.1 Å². The summed E-state index contributed by atoms with van der Waals surface area (Å²) < 4.78 is 1.90. The van der Waals surface area contributed by atoms with Gasteiger partial charge in [-0.05, 0) is 18.6 Å². The summed E-state index contributed by atoms with van der Waals surface area (Å²) in [5.74, 6) is 1.36. The van der Waals surface area contributed by atoms with E-state index in [9.17, 15) is 10.1 Å². The van der Waals surface area contributed by atoms with Gasteiger partial charge in [-0.25, -0.2) is 0 Å². The first-order valence-electron chi connectivity index (χ1n) is 9.27. The van der Waals surface area contributed by atoms with Crippen molar-refractivity contribution in [3.63, 3.8) is 0 Å². The van der Waals surface area contributed by atoms with Crippen LogP contribution in [0.3, 0.4) is 0 Å². The number of halogens is 1. The maximum atomic E-state index is 11.4. The van der Waals surface area contributed by atoms with Crippen LogP contribution in [0.15, 0.2) is 47.5 Å². The van der Waals surface area contributed by atoms with Crippen LogP contribution in [0.25, 0.3) is 5.69 Å². The molecule has 29 heavy (non-hydrogen) atoms. The fourth-order valence-corrected chi connectivity index (χ4v) is 3.61. The number of nitrogens with two attached hydrogens (primary N) is 1. The molecule has 4 rings (SSSR count). The van der Waals surface area contributed by atoms with E-state index >= 15 is 0 Å². The molecule has 1 atom stereocenters. The highest BCUT2D eigenvalue weighted by Gasteiger charge is 2.26. The van der Waals surface area contributed by atoms with E-state index in [0.29, 0.717) is 39.9 Å². The van der Waals surface area contributed by atoms with E-state index in [0.717, 1.165) is 12.1 Å². The van der Waals surface area contributed by atoms with E-state index in [1.165, 1.54) is 12.1 Å². The molecule has 0 bridgehead atoms. The minimum absolute atomic E-state index is 0.0214. The highest BCUT2D eigenvalue weighted by molar-refractivity contribution is 6.35. The Bertz CT molecular complexity index is 1120. The third kappa shape index (κ3) is 3.52. The van der Waals surface area contributed by atoms with Gasteiger partial charge in [-0.2, -0.15) is 0 Å². The average Bonchev–Trinajstić information content (AvgIpc) is 3.03. The van der Waals surface area contributed by atoms with E-state index in [1.54, 1.807) is 12.1 Å². The molecular formula is C20H19ClN6O2. The van der Waals surface area contributed by atoms with E-state index in [1.807, 2.05) is 29.7 Å². The van der Waals surface area contributed by atoms with Gasteiger partial charge in [-0.15, -0.1) is 10.2 Å². The maximum absolute atomic E-state index is 11.4. The van der Waals surface area contributed by atoms with Crippen LogP contribution < -0.4 is 5.73 Å². The van der Waals surface area contributed by atoms with Crippen molar-refractivity contribution in [1.82, 2.24) is 14.8 Å². The standard InChI is InChI=1S/C20H19ClN6O2/c1-2-12(22)9-18-24-25-19-11-23-20(14-5-3-4-6-16(14)21)15-10-13(27(28)29)7-8-17(15)26(18)19/h3-8,10,12H,2,9,11,22H2,1H3. The summed E-state index contributed by atoms with van der Waals surface area (Å²) in [5, 5.41) is 20.5. The van der Waals surface area contributed by atoms with Gasteiger partial charge in [0.25, 0.3) is 5.69 Å². The summed E-state index contributed by atoms with van der Waals surface area (Å²) in [5.41, 5.74) is 8.75. The fraction of sp³-hybridized carbons (Fsp3) is 0.250. The molecule has 0 fully saturated rings. The van der Waals surface area contributed by atoms with E-state index in [2.05, 4.69) is 10.2 Å². The molecule has 0 radical (unpaired) electrons. The number of aromatic nitrogens is 3. The van der Waals surface area contributed by atoms with Crippen molar-refractivity contribution in [3.05, 3.63) is 80.4 Å². The zero-order valence-electron chi connectivity index (χ0n) is 15.7. The van der Waals surface area contributed by atoms with Gasteiger partial charge in [0.1, 0.15) is 12.4 Å². The van der Waals surface area contributed by atoms with Gasteiger partial charge in [-0.3, -0.25) is 19.7 Å². The number of benzene rings is 2. The third-order valence-electron chi connectivity index (χ3n) is 4.96. The van der Waals surface area contributed by atoms with Crippen LogP contribution in [0.5, 0.6) is 0 Å². The number of nitro benzene ring substituents is 1. The number of nitro groups is 1. The van der Waals surface area contributed by atoms with Crippen molar-refractivity contribution in [3.8, 4) is 5.69 Å². The Morgan fingerprint density at radius 1 is 1.24 bits per heavy atom. The van der Waals surface area contributed by atoms with Gasteiger partial charge in [0.05, 0.1) is 16.3 Å². The molecular weight excluding hydrogens is 392 g/mol. The van der Waals surface area contributed by atoms with E-state index < -0.39 is 4.92 Å². The molecule has 0 amide bonds. The summed E-state index contributed by atoms with van der Waals surface area (Å²) in [6.45, 7) is 2.29. The minimum Gasteiger partial charge on any atom is -0.327 e. The zero-order chi connectivity index (χ0) is 20.5. The lowest BCUT2D eigenvalue weighted by Gasteiger charge is -2.15. The van der Waals surface area contributed by atoms with Gasteiger partial charge in [0.15, 0.2) is 5.82 Å². The number of rotatable bonds is 5. The third-order valence-corrected chi connectivity index (χ3v) is 5.29. The van der Waals surface area contributed by atoms with Gasteiger partial charge >= 0.3 is 0 Å². The Kier molecular flexibility index (Phi) is 5.12. The minimum atomic E-state index is -0.420. The summed E-state index contributed by atoms with van der Waals surface area (Å²) >= 11 is 6.42. The Balaban J connectivity index is 1.95. The van der Waals surface area contributed by atoms with Crippen LogP contribution in [-0.2, 0) is 13.0 Å². The van der Waals surface area contributed by atoms with Crippen LogP contribution >= 0.6 is 11.6 Å². The monoisotopic (exact) mass is 410 g/mol. The quantitative estimate of drug-likeness (QED) is 0.511. The molecule has 0 spiro atoms. The Morgan fingerprint density at radius 3 is 2.76 bits per heavy atom. The maximum Gasteiger partial charge on any atom is 0.270 e.